The maximum atomic E-state index is 5.87. The van der Waals surface area contributed by atoms with Crippen LogP contribution in [0.1, 0.15) is 0 Å². The van der Waals surface area contributed by atoms with E-state index in [1.807, 2.05) is 0 Å². The molecule has 0 N–H and O–H groups in total. The Labute approximate surface area is 196 Å². The third kappa shape index (κ3) is 6.28. The van der Waals surface area contributed by atoms with Crippen molar-refractivity contribution in [3.63, 3.8) is 0 Å². The zero-order valence-electron chi connectivity index (χ0n) is 21.6. The summed E-state index contributed by atoms with van der Waals surface area (Å²) in [6.45, 7) is 27.4. The van der Waals surface area contributed by atoms with Crippen LogP contribution in [0.15, 0.2) is 60.0 Å². The second kappa shape index (κ2) is 11.0. The molecule has 7 heteroatoms. The second-order valence-electron chi connectivity index (χ2n) is 10.7. The Morgan fingerprint density at radius 2 is 1.23 bits per heavy atom. The van der Waals surface area contributed by atoms with E-state index in [2.05, 4.69) is 83.3 Å². The standard InChI is InChI=1S/C24H46O3Si4/c1-13-16-28(7,8)22-19-21(20-31(25-4,26-5)27-6)23(29(9,10)17-14-2)24(22)30(11,12)18-15-3/h13-15,19,22H,1-3,16-18,20H2,4-12H3. The van der Waals surface area contributed by atoms with Crippen LogP contribution in [0.5, 0.6) is 0 Å². The van der Waals surface area contributed by atoms with Gasteiger partial charge < -0.3 is 13.3 Å². The fraction of sp³-hybridized carbons (Fsp3) is 0.583. The highest BCUT2D eigenvalue weighted by molar-refractivity contribution is 6.94. The predicted molar refractivity (Wildman–Crippen MR) is 148 cm³/mol. The summed E-state index contributed by atoms with van der Waals surface area (Å²) in [5.41, 5.74) is 1.94. The fourth-order valence-electron chi connectivity index (χ4n) is 5.15. The summed E-state index contributed by atoms with van der Waals surface area (Å²) in [4.78, 5) is 0. The third-order valence-corrected chi connectivity index (χ3v) is 20.1. The molecule has 0 amide bonds. The normalized spacial score (nSPS) is 18.2. The minimum atomic E-state index is -2.76. The maximum absolute atomic E-state index is 5.87. The molecule has 0 aromatic heterocycles. The van der Waals surface area contributed by atoms with Gasteiger partial charge >= 0.3 is 8.80 Å². The zero-order valence-corrected chi connectivity index (χ0v) is 25.6. The van der Waals surface area contributed by atoms with Gasteiger partial charge in [0, 0.05) is 27.4 Å². The van der Waals surface area contributed by atoms with Gasteiger partial charge in [-0.1, -0.05) is 74.0 Å². The van der Waals surface area contributed by atoms with Crippen molar-refractivity contribution in [2.75, 3.05) is 21.3 Å². The molecule has 176 valence electrons. The lowest BCUT2D eigenvalue weighted by molar-refractivity contribution is 0.126. The van der Waals surface area contributed by atoms with E-state index in [0.29, 0.717) is 5.54 Å². The first kappa shape index (κ1) is 28.5. The van der Waals surface area contributed by atoms with Crippen molar-refractivity contribution in [1.29, 1.82) is 0 Å². The molecule has 0 bridgehead atoms. The van der Waals surface area contributed by atoms with Crippen LogP contribution in [0.2, 0.25) is 69.0 Å². The van der Waals surface area contributed by atoms with E-state index in [1.54, 1.807) is 31.7 Å². The van der Waals surface area contributed by atoms with E-state index in [4.69, 9.17) is 13.3 Å². The van der Waals surface area contributed by atoms with E-state index >= 15 is 0 Å². The van der Waals surface area contributed by atoms with Gasteiger partial charge in [-0.2, -0.15) is 0 Å². The Morgan fingerprint density at radius 3 is 1.65 bits per heavy atom. The quantitative estimate of drug-likeness (QED) is 0.188. The highest BCUT2D eigenvalue weighted by Gasteiger charge is 2.50. The van der Waals surface area contributed by atoms with Crippen LogP contribution < -0.4 is 0 Å². The van der Waals surface area contributed by atoms with Crippen LogP contribution in [0.4, 0.5) is 0 Å². The van der Waals surface area contributed by atoms with Gasteiger partial charge in [0.15, 0.2) is 0 Å². The van der Waals surface area contributed by atoms with Crippen LogP contribution >= 0.6 is 0 Å². The largest absolute Gasteiger partial charge is 0.504 e. The van der Waals surface area contributed by atoms with Crippen molar-refractivity contribution in [3.8, 4) is 0 Å². The van der Waals surface area contributed by atoms with E-state index in [1.165, 1.54) is 5.57 Å². The SMILES string of the molecule is C=CC[Si](C)(C)C1=C([Si](C)(C)CC=C)C([Si](C)(C)CC=C)C=C1C[Si](OC)(OC)OC. The molecule has 1 aliphatic carbocycles. The minimum Gasteiger partial charge on any atom is -0.377 e. The molecular formula is C24H46O3Si4. The van der Waals surface area contributed by atoms with Gasteiger partial charge in [-0.05, 0) is 29.2 Å². The molecule has 0 saturated heterocycles. The lowest BCUT2D eigenvalue weighted by Gasteiger charge is -2.39. The van der Waals surface area contributed by atoms with Crippen molar-refractivity contribution in [2.45, 2.75) is 69.0 Å². The van der Waals surface area contributed by atoms with E-state index < -0.39 is 33.0 Å². The molecule has 0 aromatic carbocycles. The smallest absolute Gasteiger partial charge is 0.377 e. The number of allylic oxidation sites excluding steroid dienone is 7. The van der Waals surface area contributed by atoms with Crippen LogP contribution in [0, 0.1) is 0 Å². The topological polar surface area (TPSA) is 27.7 Å². The molecule has 1 rings (SSSR count). The molecule has 0 spiro atoms. The van der Waals surface area contributed by atoms with E-state index in [9.17, 15) is 0 Å². The van der Waals surface area contributed by atoms with Crippen LogP contribution in [-0.4, -0.2) is 54.4 Å². The maximum Gasteiger partial charge on any atom is 0.504 e. The van der Waals surface area contributed by atoms with Crippen LogP contribution in [-0.2, 0) is 13.3 Å². The van der Waals surface area contributed by atoms with Crippen molar-refractivity contribution in [2.24, 2.45) is 0 Å². The molecule has 0 saturated carbocycles. The summed E-state index contributed by atoms with van der Waals surface area (Å²) >= 11 is 0. The first-order chi connectivity index (χ1) is 14.3. The average Bonchev–Trinajstić information content (AvgIpc) is 3.08. The summed E-state index contributed by atoms with van der Waals surface area (Å²) in [6.07, 6.45) is 8.97. The van der Waals surface area contributed by atoms with E-state index in [0.717, 1.165) is 24.2 Å². The lowest BCUT2D eigenvalue weighted by Crippen LogP contribution is -2.45. The first-order valence-corrected chi connectivity index (χ1v) is 22.9. The van der Waals surface area contributed by atoms with Gasteiger partial charge in [0.1, 0.15) is 0 Å². The summed E-state index contributed by atoms with van der Waals surface area (Å²) < 4.78 is 17.6. The molecular weight excluding hydrogens is 449 g/mol. The van der Waals surface area contributed by atoms with Gasteiger partial charge in [0.25, 0.3) is 0 Å². The van der Waals surface area contributed by atoms with Crippen LogP contribution in [0.25, 0.3) is 0 Å². The summed E-state index contributed by atoms with van der Waals surface area (Å²) in [5.74, 6) is 0. The van der Waals surface area contributed by atoms with Gasteiger partial charge in [-0.25, -0.2) is 0 Å². The molecule has 0 radical (unpaired) electrons. The van der Waals surface area contributed by atoms with Crippen molar-refractivity contribution < 1.29 is 13.3 Å². The summed E-state index contributed by atoms with van der Waals surface area (Å²) in [6, 6.07) is 4.01. The summed E-state index contributed by atoms with van der Waals surface area (Å²) in [7, 11) is -2.72. The molecule has 31 heavy (non-hydrogen) atoms. The monoisotopic (exact) mass is 494 g/mol. The molecule has 1 unspecified atom stereocenters. The Morgan fingerprint density at radius 1 is 0.774 bits per heavy atom. The molecule has 3 nitrogen and oxygen atoms in total. The predicted octanol–water partition coefficient (Wildman–Crippen LogP) is 7.23. The Bertz CT molecular complexity index is 723. The Balaban J connectivity index is 3.90. The molecule has 0 aromatic rings. The van der Waals surface area contributed by atoms with Gasteiger partial charge in [0.05, 0.1) is 24.2 Å². The number of hydrogen-bond donors (Lipinski definition) is 0. The fourth-order valence-corrected chi connectivity index (χ4v) is 19.7. The van der Waals surface area contributed by atoms with Crippen molar-refractivity contribution in [1.82, 2.24) is 0 Å². The Kier molecular flexibility index (Phi) is 10.1. The third-order valence-electron chi connectivity index (χ3n) is 6.84. The van der Waals surface area contributed by atoms with E-state index in [-0.39, 0.29) is 0 Å². The number of hydrogen-bond acceptors (Lipinski definition) is 3. The summed E-state index contributed by atoms with van der Waals surface area (Å²) in [5, 5.41) is 3.40. The molecule has 0 heterocycles. The average molecular weight is 495 g/mol. The highest BCUT2D eigenvalue weighted by atomic mass is 28.4. The molecule has 0 aliphatic heterocycles. The molecule has 0 fully saturated rings. The zero-order chi connectivity index (χ0) is 24.1. The van der Waals surface area contributed by atoms with Gasteiger partial charge in [0.2, 0.25) is 0 Å². The Hall–Kier alpha value is -0.552. The molecule has 1 aliphatic rings. The van der Waals surface area contributed by atoms with Gasteiger partial charge in [-0.15, -0.1) is 19.7 Å². The molecule has 1 atom stereocenters. The van der Waals surface area contributed by atoms with Crippen LogP contribution in [0.3, 0.4) is 0 Å². The van der Waals surface area contributed by atoms with Crippen molar-refractivity contribution in [3.05, 3.63) is 60.0 Å². The lowest BCUT2D eigenvalue weighted by atomic mass is 10.3. The first-order valence-electron chi connectivity index (χ1n) is 11.3. The number of rotatable bonds is 14. The van der Waals surface area contributed by atoms with Crippen molar-refractivity contribution >= 4 is 33.0 Å². The second-order valence-corrected chi connectivity index (χ2v) is 28.0. The highest BCUT2D eigenvalue weighted by Crippen LogP contribution is 2.52. The van der Waals surface area contributed by atoms with Gasteiger partial charge in [-0.3, -0.25) is 0 Å². The minimum absolute atomic E-state index is 0.519.